The zero-order chi connectivity index (χ0) is 13.5. The van der Waals surface area contributed by atoms with Gasteiger partial charge in [0.05, 0.1) is 22.3 Å². The van der Waals surface area contributed by atoms with E-state index in [9.17, 15) is 0 Å². The number of thiazole rings is 1. The van der Waals surface area contributed by atoms with Crippen LogP contribution in [0.5, 0.6) is 0 Å². The van der Waals surface area contributed by atoms with Crippen molar-refractivity contribution in [1.82, 2.24) is 4.98 Å². The van der Waals surface area contributed by atoms with Gasteiger partial charge in [-0.1, -0.05) is 18.6 Å². The summed E-state index contributed by atoms with van der Waals surface area (Å²) >= 11 is 1.80. The van der Waals surface area contributed by atoms with Crippen molar-refractivity contribution >= 4 is 11.3 Å². The van der Waals surface area contributed by atoms with Crippen molar-refractivity contribution in [2.75, 3.05) is 0 Å². The van der Waals surface area contributed by atoms with Crippen LogP contribution in [-0.2, 0) is 0 Å². The van der Waals surface area contributed by atoms with Gasteiger partial charge in [-0.3, -0.25) is 0 Å². The first-order chi connectivity index (χ1) is 9.83. The Morgan fingerprint density at radius 3 is 2.95 bits per heavy atom. The molecule has 2 nitrogen and oxygen atoms in total. The third-order valence-corrected chi connectivity index (χ3v) is 5.84. The first-order valence-corrected chi connectivity index (χ1v) is 8.17. The maximum Gasteiger partial charge on any atom is 0.0991 e. The number of nitrogens with zero attached hydrogens (tertiary/aromatic N) is 2. The SMILES string of the molecule is N#Cc1cccc(-c2csc(C3CC4CCC3C4)n2)c1. The van der Waals surface area contributed by atoms with Gasteiger partial charge in [-0.05, 0) is 43.2 Å². The Labute approximate surface area is 123 Å². The van der Waals surface area contributed by atoms with Crippen molar-refractivity contribution < 1.29 is 0 Å². The van der Waals surface area contributed by atoms with Gasteiger partial charge in [0.2, 0.25) is 0 Å². The summed E-state index contributed by atoms with van der Waals surface area (Å²) in [4.78, 5) is 4.87. The Balaban J connectivity index is 1.63. The van der Waals surface area contributed by atoms with E-state index < -0.39 is 0 Å². The molecular formula is C17H16N2S. The molecule has 2 fully saturated rings. The monoisotopic (exact) mass is 280 g/mol. The molecule has 1 aromatic heterocycles. The van der Waals surface area contributed by atoms with E-state index in [0.29, 0.717) is 11.5 Å². The van der Waals surface area contributed by atoms with Gasteiger partial charge in [-0.25, -0.2) is 4.98 Å². The van der Waals surface area contributed by atoms with Crippen LogP contribution in [0.3, 0.4) is 0 Å². The van der Waals surface area contributed by atoms with Crippen LogP contribution in [0.2, 0.25) is 0 Å². The number of benzene rings is 1. The summed E-state index contributed by atoms with van der Waals surface area (Å²) in [5.74, 6) is 2.54. The maximum atomic E-state index is 8.99. The highest BCUT2D eigenvalue weighted by molar-refractivity contribution is 7.10. The lowest BCUT2D eigenvalue weighted by Gasteiger charge is -2.18. The van der Waals surface area contributed by atoms with Crippen molar-refractivity contribution in [3.8, 4) is 17.3 Å². The molecule has 0 N–H and O–H groups in total. The molecule has 2 bridgehead atoms. The molecule has 0 spiro atoms. The molecule has 2 aliphatic rings. The topological polar surface area (TPSA) is 36.7 Å². The number of nitriles is 1. The van der Waals surface area contributed by atoms with E-state index in [1.165, 1.54) is 30.7 Å². The lowest BCUT2D eigenvalue weighted by atomic mass is 9.89. The van der Waals surface area contributed by atoms with Crippen LogP contribution < -0.4 is 0 Å². The summed E-state index contributed by atoms with van der Waals surface area (Å²) in [6.45, 7) is 0. The predicted octanol–water partition coefficient (Wildman–Crippen LogP) is 4.59. The van der Waals surface area contributed by atoms with Crippen molar-refractivity contribution in [1.29, 1.82) is 5.26 Å². The summed E-state index contributed by atoms with van der Waals surface area (Å²) in [5.41, 5.74) is 2.80. The zero-order valence-corrected chi connectivity index (χ0v) is 12.1. The summed E-state index contributed by atoms with van der Waals surface area (Å²) < 4.78 is 0. The van der Waals surface area contributed by atoms with E-state index in [1.54, 1.807) is 11.3 Å². The Morgan fingerprint density at radius 2 is 2.20 bits per heavy atom. The van der Waals surface area contributed by atoms with E-state index in [0.717, 1.165) is 23.1 Å². The van der Waals surface area contributed by atoms with Gasteiger partial charge in [0.25, 0.3) is 0 Å². The van der Waals surface area contributed by atoms with Crippen molar-refractivity contribution in [2.24, 2.45) is 11.8 Å². The molecule has 4 rings (SSSR count). The smallest absolute Gasteiger partial charge is 0.0991 e. The van der Waals surface area contributed by atoms with E-state index in [4.69, 9.17) is 10.2 Å². The van der Waals surface area contributed by atoms with Crippen molar-refractivity contribution in [2.45, 2.75) is 31.6 Å². The Kier molecular flexibility index (Phi) is 2.85. The molecule has 0 radical (unpaired) electrons. The fourth-order valence-corrected chi connectivity index (χ4v) is 4.92. The average molecular weight is 280 g/mol. The standard InChI is InChI=1S/C17H16N2S/c18-9-12-2-1-3-14(7-12)16-10-20-17(19-16)15-8-11-4-5-13(15)6-11/h1-3,7,10-11,13,15H,4-6,8H2. The van der Waals surface area contributed by atoms with E-state index in [-0.39, 0.29) is 0 Å². The van der Waals surface area contributed by atoms with Gasteiger partial charge < -0.3 is 0 Å². The number of aromatic nitrogens is 1. The summed E-state index contributed by atoms with van der Waals surface area (Å²) in [6, 6.07) is 9.94. The molecule has 3 heteroatoms. The number of hydrogen-bond donors (Lipinski definition) is 0. The third kappa shape index (κ3) is 1.96. The van der Waals surface area contributed by atoms with Crippen LogP contribution in [0.25, 0.3) is 11.3 Å². The highest BCUT2D eigenvalue weighted by atomic mass is 32.1. The van der Waals surface area contributed by atoms with E-state index >= 15 is 0 Å². The highest BCUT2D eigenvalue weighted by Gasteiger charge is 2.41. The molecular weight excluding hydrogens is 264 g/mol. The number of fused-ring (bicyclic) bond motifs is 2. The van der Waals surface area contributed by atoms with Gasteiger partial charge in [0, 0.05) is 16.9 Å². The molecule has 1 aromatic carbocycles. The van der Waals surface area contributed by atoms with Crippen LogP contribution in [0.4, 0.5) is 0 Å². The normalized spacial score (nSPS) is 27.6. The largest absolute Gasteiger partial charge is 0.241 e. The van der Waals surface area contributed by atoms with E-state index in [1.807, 2.05) is 24.3 Å². The van der Waals surface area contributed by atoms with Crippen LogP contribution in [0, 0.1) is 23.2 Å². The zero-order valence-electron chi connectivity index (χ0n) is 11.2. The molecule has 2 aliphatic carbocycles. The summed E-state index contributed by atoms with van der Waals surface area (Å²) in [6.07, 6.45) is 5.59. The molecule has 100 valence electrons. The summed E-state index contributed by atoms with van der Waals surface area (Å²) in [7, 11) is 0. The second kappa shape index (κ2) is 4.71. The second-order valence-corrected chi connectivity index (χ2v) is 6.93. The predicted molar refractivity (Wildman–Crippen MR) is 80.5 cm³/mol. The molecule has 3 atom stereocenters. The van der Waals surface area contributed by atoms with Gasteiger partial charge >= 0.3 is 0 Å². The quantitative estimate of drug-likeness (QED) is 0.807. The molecule has 0 amide bonds. The number of rotatable bonds is 2. The molecule has 20 heavy (non-hydrogen) atoms. The first kappa shape index (κ1) is 12.1. The lowest BCUT2D eigenvalue weighted by molar-refractivity contribution is 0.419. The van der Waals surface area contributed by atoms with Crippen LogP contribution in [0.1, 0.15) is 42.2 Å². The van der Waals surface area contributed by atoms with Crippen LogP contribution in [0.15, 0.2) is 29.6 Å². The molecule has 0 saturated heterocycles. The molecule has 2 saturated carbocycles. The fraction of sp³-hybridized carbons (Fsp3) is 0.412. The average Bonchev–Trinajstić information content (AvgIpc) is 3.22. The Hall–Kier alpha value is -1.66. The minimum atomic E-state index is 0.701. The van der Waals surface area contributed by atoms with Crippen molar-refractivity contribution in [3.63, 3.8) is 0 Å². The third-order valence-electron chi connectivity index (χ3n) is 4.86. The van der Waals surface area contributed by atoms with Gasteiger partial charge in [0.1, 0.15) is 0 Å². The van der Waals surface area contributed by atoms with Crippen LogP contribution >= 0.6 is 11.3 Å². The summed E-state index contributed by atoms with van der Waals surface area (Å²) in [5, 5.41) is 12.5. The first-order valence-electron chi connectivity index (χ1n) is 7.29. The number of hydrogen-bond acceptors (Lipinski definition) is 3. The molecule has 1 heterocycles. The van der Waals surface area contributed by atoms with Crippen LogP contribution in [-0.4, -0.2) is 4.98 Å². The molecule has 3 unspecified atom stereocenters. The Bertz CT molecular complexity index is 682. The van der Waals surface area contributed by atoms with Crippen molar-refractivity contribution in [3.05, 3.63) is 40.2 Å². The Morgan fingerprint density at radius 1 is 1.25 bits per heavy atom. The fourth-order valence-electron chi connectivity index (χ4n) is 3.89. The van der Waals surface area contributed by atoms with Gasteiger partial charge in [-0.2, -0.15) is 5.26 Å². The van der Waals surface area contributed by atoms with Gasteiger partial charge in [-0.15, -0.1) is 11.3 Å². The maximum absolute atomic E-state index is 8.99. The minimum absolute atomic E-state index is 0.701. The lowest BCUT2D eigenvalue weighted by Crippen LogP contribution is -2.07. The van der Waals surface area contributed by atoms with Gasteiger partial charge in [0.15, 0.2) is 0 Å². The minimum Gasteiger partial charge on any atom is -0.241 e. The van der Waals surface area contributed by atoms with E-state index in [2.05, 4.69) is 11.4 Å². The second-order valence-electron chi connectivity index (χ2n) is 6.04. The highest BCUT2D eigenvalue weighted by Crippen LogP contribution is 2.53. The molecule has 0 aliphatic heterocycles. The molecule has 2 aromatic rings.